The molecule has 1 amide bonds. The van der Waals surface area contributed by atoms with Crippen LogP contribution in [0.5, 0.6) is 0 Å². The van der Waals surface area contributed by atoms with Gasteiger partial charge >= 0.3 is 0 Å². The Morgan fingerprint density at radius 1 is 1.40 bits per heavy atom. The lowest BCUT2D eigenvalue weighted by Gasteiger charge is -2.29. The van der Waals surface area contributed by atoms with Gasteiger partial charge < -0.3 is 5.32 Å². The minimum atomic E-state index is -0.121. The number of H-pyrrole nitrogens is 1. The summed E-state index contributed by atoms with van der Waals surface area (Å²) >= 11 is 0. The van der Waals surface area contributed by atoms with Gasteiger partial charge in [0.25, 0.3) is 5.91 Å². The molecule has 4 rings (SSSR count). The van der Waals surface area contributed by atoms with E-state index in [1.165, 1.54) is 0 Å². The SMILES string of the molecule is CC1(C)Cc2[nH]ncc2-c2nn3c(c21)C(=O)NCCC3. The van der Waals surface area contributed by atoms with E-state index in [-0.39, 0.29) is 11.3 Å². The van der Waals surface area contributed by atoms with E-state index in [0.29, 0.717) is 6.54 Å². The topological polar surface area (TPSA) is 75.6 Å². The van der Waals surface area contributed by atoms with Crippen molar-refractivity contribution < 1.29 is 4.79 Å². The van der Waals surface area contributed by atoms with Crippen LogP contribution in [0.3, 0.4) is 0 Å². The Kier molecular flexibility index (Phi) is 2.17. The van der Waals surface area contributed by atoms with Crippen LogP contribution in [0.25, 0.3) is 11.3 Å². The lowest BCUT2D eigenvalue weighted by atomic mass is 9.73. The van der Waals surface area contributed by atoms with Crippen molar-refractivity contribution in [3.63, 3.8) is 0 Å². The van der Waals surface area contributed by atoms with Crippen LogP contribution in [0.1, 0.15) is 42.0 Å². The molecule has 0 saturated carbocycles. The lowest BCUT2D eigenvalue weighted by molar-refractivity contribution is 0.0948. The summed E-state index contributed by atoms with van der Waals surface area (Å²) in [6.07, 6.45) is 3.58. The third kappa shape index (κ3) is 1.42. The normalized spacial score (nSPS) is 19.6. The van der Waals surface area contributed by atoms with Crippen LogP contribution >= 0.6 is 0 Å². The predicted molar refractivity (Wildman–Crippen MR) is 73.5 cm³/mol. The second-order valence-electron chi connectivity index (χ2n) is 6.23. The first-order valence-electron chi connectivity index (χ1n) is 7.00. The summed E-state index contributed by atoms with van der Waals surface area (Å²) in [7, 11) is 0. The van der Waals surface area contributed by atoms with Gasteiger partial charge in [-0.2, -0.15) is 10.2 Å². The fourth-order valence-electron chi connectivity index (χ4n) is 3.38. The van der Waals surface area contributed by atoms with Gasteiger partial charge in [0.15, 0.2) is 0 Å². The summed E-state index contributed by atoms with van der Waals surface area (Å²) < 4.78 is 1.87. The van der Waals surface area contributed by atoms with E-state index in [0.717, 1.165) is 47.6 Å². The number of hydrogen-bond acceptors (Lipinski definition) is 3. The van der Waals surface area contributed by atoms with E-state index < -0.39 is 0 Å². The number of hydrogen-bond donors (Lipinski definition) is 2. The maximum absolute atomic E-state index is 12.4. The zero-order valence-corrected chi connectivity index (χ0v) is 11.7. The van der Waals surface area contributed by atoms with Gasteiger partial charge in [-0.25, -0.2) is 0 Å². The molecule has 104 valence electrons. The highest BCUT2D eigenvalue weighted by Gasteiger charge is 2.40. The fraction of sp³-hybridized carbons (Fsp3) is 0.500. The second-order valence-corrected chi connectivity index (χ2v) is 6.23. The zero-order chi connectivity index (χ0) is 13.9. The molecular weight excluding hydrogens is 254 g/mol. The Morgan fingerprint density at radius 2 is 2.25 bits per heavy atom. The molecule has 20 heavy (non-hydrogen) atoms. The first-order chi connectivity index (χ1) is 9.58. The lowest BCUT2D eigenvalue weighted by Crippen LogP contribution is -2.31. The van der Waals surface area contributed by atoms with E-state index in [2.05, 4.69) is 29.4 Å². The Bertz CT molecular complexity index is 709. The van der Waals surface area contributed by atoms with Gasteiger partial charge in [-0.1, -0.05) is 13.8 Å². The average molecular weight is 271 g/mol. The summed E-state index contributed by atoms with van der Waals surface area (Å²) in [6, 6.07) is 0. The summed E-state index contributed by atoms with van der Waals surface area (Å²) in [4.78, 5) is 12.4. The molecule has 0 fully saturated rings. The van der Waals surface area contributed by atoms with Crippen molar-refractivity contribution in [2.45, 2.75) is 38.6 Å². The van der Waals surface area contributed by atoms with Crippen LogP contribution in [0, 0.1) is 0 Å². The van der Waals surface area contributed by atoms with Crippen molar-refractivity contribution in [2.24, 2.45) is 0 Å². The molecule has 0 aromatic carbocycles. The predicted octanol–water partition coefficient (Wildman–Crippen LogP) is 1.24. The van der Waals surface area contributed by atoms with Crippen LogP contribution in [-0.2, 0) is 18.4 Å². The van der Waals surface area contributed by atoms with Gasteiger partial charge in [0.05, 0.1) is 6.20 Å². The molecule has 0 spiro atoms. The molecule has 2 aliphatic rings. The van der Waals surface area contributed by atoms with Gasteiger partial charge in [-0.15, -0.1) is 0 Å². The number of carbonyl (C=O) groups is 1. The van der Waals surface area contributed by atoms with Gasteiger partial charge in [0, 0.05) is 29.9 Å². The van der Waals surface area contributed by atoms with Crippen LogP contribution in [-0.4, -0.2) is 32.4 Å². The summed E-state index contributed by atoms with van der Waals surface area (Å²) in [6.45, 7) is 5.82. The van der Waals surface area contributed by atoms with Crippen LogP contribution in [0.2, 0.25) is 0 Å². The number of nitrogens with zero attached hydrogens (tertiary/aromatic N) is 3. The number of fused-ring (bicyclic) bond motifs is 5. The van der Waals surface area contributed by atoms with Gasteiger partial charge in [0.1, 0.15) is 11.4 Å². The smallest absolute Gasteiger partial charge is 0.269 e. The van der Waals surface area contributed by atoms with E-state index >= 15 is 0 Å². The number of rotatable bonds is 0. The zero-order valence-electron chi connectivity index (χ0n) is 11.7. The maximum Gasteiger partial charge on any atom is 0.269 e. The summed E-state index contributed by atoms with van der Waals surface area (Å²) in [5.74, 6) is -0.00345. The molecule has 2 aromatic heterocycles. The Morgan fingerprint density at radius 3 is 3.10 bits per heavy atom. The van der Waals surface area contributed by atoms with E-state index in [1.54, 1.807) is 0 Å². The molecule has 0 bridgehead atoms. The van der Waals surface area contributed by atoms with Crippen LogP contribution in [0.4, 0.5) is 0 Å². The molecule has 0 atom stereocenters. The molecule has 2 aromatic rings. The van der Waals surface area contributed by atoms with Gasteiger partial charge in [-0.3, -0.25) is 14.6 Å². The van der Waals surface area contributed by atoms with Crippen LogP contribution < -0.4 is 5.32 Å². The minimum absolute atomic E-state index is 0.00345. The van der Waals surface area contributed by atoms with Crippen molar-refractivity contribution in [1.82, 2.24) is 25.3 Å². The highest BCUT2D eigenvalue weighted by Crippen LogP contribution is 2.43. The average Bonchev–Trinajstić information content (AvgIpc) is 2.94. The van der Waals surface area contributed by atoms with Crippen LogP contribution in [0.15, 0.2) is 6.20 Å². The molecule has 0 saturated heterocycles. The first kappa shape index (κ1) is 11.7. The molecule has 6 nitrogen and oxygen atoms in total. The number of aromatic nitrogens is 4. The fourth-order valence-corrected chi connectivity index (χ4v) is 3.38. The molecule has 6 heteroatoms. The van der Waals surface area contributed by atoms with Crippen molar-refractivity contribution in [3.8, 4) is 11.3 Å². The first-order valence-corrected chi connectivity index (χ1v) is 7.00. The molecule has 0 unspecified atom stereocenters. The van der Waals surface area contributed by atoms with E-state index in [4.69, 9.17) is 5.10 Å². The highest BCUT2D eigenvalue weighted by atomic mass is 16.2. The van der Waals surface area contributed by atoms with E-state index in [1.807, 2.05) is 10.9 Å². The number of nitrogens with one attached hydrogen (secondary N) is 2. The molecule has 1 aliphatic heterocycles. The molecular formula is C14H17N5O. The Hall–Kier alpha value is -2.11. The third-order valence-electron chi connectivity index (χ3n) is 4.27. The molecule has 0 radical (unpaired) electrons. The number of aromatic amines is 1. The number of carbonyl (C=O) groups excluding carboxylic acids is 1. The minimum Gasteiger partial charge on any atom is -0.351 e. The van der Waals surface area contributed by atoms with Gasteiger partial charge in [0.2, 0.25) is 0 Å². The number of amides is 1. The van der Waals surface area contributed by atoms with E-state index in [9.17, 15) is 4.79 Å². The Labute approximate surface area is 116 Å². The molecule has 2 N–H and O–H groups in total. The monoisotopic (exact) mass is 271 g/mol. The summed E-state index contributed by atoms with van der Waals surface area (Å²) in [5, 5.41) is 14.9. The molecule has 3 heterocycles. The van der Waals surface area contributed by atoms with Gasteiger partial charge in [-0.05, 0) is 18.3 Å². The summed E-state index contributed by atoms with van der Waals surface area (Å²) in [5.41, 5.74) is 4.73. The standard InChI is InChI=1S/C14H17N5O/c1-14(2)6-9-8(7-16-17-9)11-10(14)12-13(20)15-4-3-5-19(12)18-11/h7H,3-6H2,1-2H3,(H,15,20)(H,16,17). The maximum atomic E-state index is 12.4. The Balaban J connectivity index is 2.04. The molecule has 1 aliphatic carbocycles. The third-order valence-corrected chi connectivity index (χ3v) is 4.27. The largest absolute Gasteiger partial charge is 0.351 e. The second kappa shape index (κ2) is 3.71. The highest BCUT2D eigenvalue weighted by molar-refractivity contribution is 5.97. The van der Waals surface area contributed by atoms with Crippen molar-refractivity contribution in [2.75, 3.05) is 6.54 Å². The quantitative estimate of drug-likeness (QED) is 0.757. The number of aryl methyl sites for hydroxylation is 1. The van der Waals surface area contributed by atoms with Crippen molar-refractivity contribution in [1.29, 1.82) is 0 Å². The van der Waals surface area contributed by atoms with Crippen molar-refractivity contribution >= 4 is 5.91 Å². The van der Waals surface area contributed by atoms with Crippen molar-refractivity contribution in [3.05, 3.63) is 23.1 Å².